The number of benzene rings is 2. The first-order valence-corrected chi connectivity index (χ1v) is 10.5. The number of allylic oxidation sites excluding steroid dienone is 1. The van der Waals surface area contributed by atoms with Crippen LogP contribution in [0.25, 0.3) is 16.8 Å². The molecule has 27 heavy (non-hydrogen) atoms. The SMILES string of the molecule is CCCCc1ccc(N/C=C(\C#N)c2nc(-c3cccc(Br)c3)cs2)cc1. The summed E-state index contributed by atoms with van der Waals surface area (Å²) in [6.45, 7) is 2.20. The van der Waals surface area contributed by atoms with Crippen LogP contribution in [0, 0.1) is 11.3 Å². The summed E-state index contributed by atoms with van der Waals surface area (Å²) in [6, 6.07) is 18.6. The Labute approximate surface area is 172 Å². The van der Waals surface area contributed by atoms with Crippen molar-refractivity contribution in [3.63, 3.8) is 0 Å². The molecule has 3 rings (SSSR count). The van der Waals surface area contributed by atoms with Crippen molar-refractivity contribution in [1.82, 2.24) is 4.98 Å². The number of anilines is 1. The molecule has 0 aliphatic carbocycles. The second-order valence-electron chi connectivity index (χ2n) is 6.16. The summed E-state index contributed by atoms with van der Waals surface area (Å²) < 4.78 is 1.01. The Morgan fingerprint density at radius 1 is 1.26 bits per heavy atom. The Bertz CT molecular complexity index is 968. The smallest absolute Gasteiger partial charge is 0.136 e. The molecule has 0 amide bonds. The fourth-order valence-corrected chi connectivity index (χ4v) is 3.82. The highest BCUT2D eigenvalue weighted by Crippen LogP contribution is 2.27. The first-order chi connectivity index (χ1) is 13.2. The van der Waals surface area contributed by atoms with Crippen LogP contribution in [0.3, 0.4) is 0 Å². The minimum Gasteiger partial charge on any atom is -0.360 e. The van der Waals surface area contributed by atoms with Gasteiger partial charge >= 0.3 is 0 Å². The molecule has 0 atom stereocenters. The van der Waals surface area contributed by atoms with Crippen molar-refractivity contribution in [3.05, 3.63) is 75.2 Å². The lowest BCUT2D eigenvalue weighted by Crippen LogP contribution is -1.92. The number of aromatic nitrogens is 1. The van der Waals surface area contributed by atoms with Crippen LogP contribution >= 0.6 is 27.3 Å². The van der Waals surface area contributed by atoms with Gasteiger partial charge in [0.1, 0.15) is 16.6 Å². The molecular weight excluding hydrogens is 418 g/mol. The molecule has 5 heteroatoms. The number of thiazole rings is 1. The Hall–Kier alpha value is -2.42. The van der Waals surface area contributed by atoms with Gasteiger partial charge in [0.05, 0.1) is 5.69 Å². The van der Waals surface area contributed by atoms with Gasteiger partial charge in [0.2, 0.25) is 0 Å². The molecule has 3 nitrogen and oxygen atoms in total. The molecule has 0 saturated carbocycles. The number of hydrogen-bond acceptors (Lipinski definition) is 4. The van der Waals surface area contributed by atoms with Crippen molar-refractivity contribution in [1.29, 1.82) is 5.26 Å². The van der Waals surface area contributed by atoms with E-state index >= 15 is 0 Å². The highest BCUT2D eigenvalue weighted by atomic mass is 79.9. The molecule has 1 N–H and O–H groups in total. The van der Waals surface area contributed by atoms with E-state index in [0.717, 1.165) is 27.8 Å². The van der Waals surface area contributed by atoms with Crippen LogP contribution in [0.5, 0.6) is 0 Å². The molecule has 0 radical (unpaired) electrons. The van der Waals surface area contributed by atoms with Gasteiger partial charge in [0, 0.05) is 27.3 Å². The number of nitrogens with zero attached hydrogens (tertiary/aromatic N) is 2. The predicted molar refractivity (Wildman–Crippen MR) is 118 cm³/mol. The fourth-order valence-electron chi connectivity index (χ4n) is 2.62. The van der Waals surface area contributed by atoms with E-state index in [1.807, 2.05) is 41.8 Å². The number of halogens is 1. The van der Waals surface area contributed by atoms with Crippen molar-refractivity contribution in [2.24, 2.45) is 0 Å². The number of aryl methyl sites for hydroxylation is 1. The molecular formula is C22H20BrN3S. The summed E-state index contributed by atoms with van der Waals surface area (Å²) in [5, 5.41) is 15.4. The predicted octanol–water partition coefficient (Wildman–Crippen LogP) is 6.89. The maximum absolute atomic E-state index is 9.52. The molecule has 0 spiro atoms. The van der Waals surface area contributed by atoms with E-state index in [1.165, 1.54) is 29.7 Å². The maximum Gasteiger partial charge on any atom is 0.136 e. The van der Waals surface area contributed by atoms with E-state index in [9.17, 15) is 5.26 Å². The van der Waals surface area contributed by atoms with Crippen molar-refractivity contribution < 1.29 is 0 Å². The third-order valence-electron chi connectivity index (χ3n) is 4.13. The molecule has 0 saturated heterocycles. The number of rotatable bonds is 7. The minimum absolute atomic E-state index is 0.524. The molecule has 0 unspecified atom stereocenters. The van der Waals surface area contributed by atoms with Crippen molar-refractivity contribution >= 4 is 38.5 Å². The Morgan fingerprint density at radius 2 is 2.07 bits per heavy atom. The van der Waals surface area contributed by atoms with E-state index in [4.69, 9.17) is 0 Å². The van der Waals surface area contributed by atoms with Gasteiger partial charge in [-0.05, 0) is 42.7 Å². The first kappa shape index (κ1) is 19.3. The van der Waals surface area contributed by atoms with Gasteiger partial charge in [-0.15, -0.1) is 11.3 Å². The lowest BCUT2D eigenvalue weighted by molar-refractivity contribution is 0.795. The van der Waals surface area contributed by atoms with Crippen molar-refractivity contribution in [2.75, 3.05) is 5.32 Å². The number of nitrogens with one attached hydrogen (secondary N) is 1. The zero-order chi connectivity index (χ0) is 19.1. The van der Waals surface area contributed by atoms with Gasteiger partial charge in [0.15, 0.2) is 0 Å². The third-order valence-corrected chi connectivity index (χ3v) is 5.50. The molecule has 0 aliphatic heterocycles. The van der Waals surface area contributed by atoms with Gasteiger partial charge in [0.25, 0.3) is 0 Å². The summed E-state index contributed by atoms with van der Waals surface area (Å²) in [5.74, 6) is 0. The number of unbranched alkanes of at least 4 members (excludes halogenated alkanes) is 1. The second-order valence-corrected chi connectivity index (χ2v) is 7.94. The summed E-state index contributed by atoms with van der Waals surface area (Å²) in [7, 11) is 0. The summed E-state index contributed by atoms with van der Waals surface area (Å²) in [4.78, 5) is 4.62. The van der Waals surface area contributed by atoms with Crippen LogP contribution in [0.1, 0.15) is 30.3 Å². The molecule has 0 aliphatic rings. The largest absolute Gasteiger partial charge is 0.360 e. The minimum atomic E-state index is 0.524. The lowest BCUT2D eigenvalue weighted by Gasteiger charge is -2.04. The van der Waals surface area contributed by atoms with Gasteiger partial charge in [-0.3, -0.25) is 0 Å². The highest BCUT2D eigenvalue weighted by Gasteiger charge is 2.09. The van der Waals surface area contributed by atoms with E-state index in [-0.39, 0.29) is 0 Å². The Balaban J connectivity index is 1.72. The molecule has 0 fully saturated rings. The number of nitriles is 1. The second kappa shape index (κ2) is 9.50. The average Bonchev–Trinajstić information content (AvgIpc) is 3.18. The molecule has 0 bridgehead atoms. The van der Waals surface area contributed by atoms with Crippen LogP contribution in [0.2, 0.25) is 0 Å². The molecule has 136 valence electrons. The molecule has 1 heterocycles. The van der Waals surface area contributed by atoms with Crippen molar-refractivity contribution in [2.45, 2.75) is 26.2 Å². The Kier molecular flexibility index (Phi) is 6.80. The molecule has 1 aromatic heterocycles. The topological polar surface area (TPSA) is 48.7 Å². The quantitative estimate of drug-likeness (QED) is 0.409. The van der Waals surface area contributed by atoms with Crippen LogP contribution in [0.4, 0.5) is 5.69 Å². The van der Waals surface area contributed by atoms with Crippen molar-refractivity contribution in [3.8, 4) is 17.3 Å². The summed E-state index contributed by atoms with van der Waals surface area (Å²) in [6.07, 6.45) is 5.23. The lowest BCUT2D eigenvalue weighted by atomic mass is 10.1. The van der Waals surface area contributed by atoms with E-state index < -0.39 is 0 Å². The fraction of sp³-hybridized carbons (Fsp3) is 0.182. The third kappa shape index (κ3) is 5.29. The zero-order valence-corrected chi connectivity index (χ0v) is 17.5. The van der Waals surface area contributed by atoms with Gasteiger partial charge in [-0.1, -0.05) is 53.5 Å². The first-order valence-electron chi connectivity index (χ1n) is 8.87. The van der Waals surface area contributed by atoms with Crippen LogP contribution in [-0.2, 0) is 6.42 Å². The van der Waals surface area contributed by atoms with Crippen LogP contribution in [0.15, 0.2) is 64.6 Å². The van der Waals surface area contributed by atoms with Gasteiger partial charge in [-0.2, -0.15) is 5.26 Å². The van der Waals surface area contributed by atoms with Crippen LogP contribution < -0.4 is 5.32 Å². The molecule has 3 aromatic rings. The van der Waals surface area contributed by atoms with E-state index in [2.05, 4.69) is 51.4 Å². The highest BCUT2D eigenvalue weighted by molar-refractivity contribution is 9.10. The van der Waals surface area contributed by atoms with E-state index in [1.54, 1.807) is 6.20 Å². The standard InChI is InChI=1S/C22H20BrN3S/c1-2-3-5-16-8-10-20(11-9-16)25-14-18(13-24)22-26-21(15-27-22)17-6-4-7-19(23)12-17/h4,6-12,14-15,25H,2-3,5H2,1H3/b18-14+. The summed E-state index contributed by atoms with van der Waals surface area (Å²) >= 11 is 4.95. The number of hydrogen-bond donors (Lipinski definition) is 1. The molecule has 2 aromatic carbocycles. The van der Waals surface area contributed by atoms with Crippen LogP contribution in [-0.4, -0.2) is 4.98 Å². The van der Waals surface area contributed by atoms with E-state index in [0.29, 0.717) is 10.6 Å². The zero-order valence-electron chi connectivity index (χ0n) is 15.1. The van der Waals surface area contributed by atoms with Gasteiger partial charge in [-0.25, -0.2) is 4.98 Å². The summed E-state index contributed by atoms with van der Waals surface area (Å²) in [5.41, 5.74) is 4.73. The van der Waals surface area contributed by atoms with Gasteiger partial charge < -0.3 is 5.32 Å². The normalized spacial score (nSPS) is 11.2. The Morgan fingerprint density at radius 3 is 2.78 bits per heavy atom. The monoisotopic (exact) mass is 437 g/mol. The maximum atomic E-state index is 9.52. The average molecular weight is 438 g/mol.